The number of hydrogen-bond donors (Lipinski definition) is 2. The molecule has 4 nitrogen and oxygen atoms in total. The maximum absolute atomic E-state index is 13.0. The molecule has 0 spiro atoms. The molecule has 0 saturated carbocycles. The standard InChI is InChI=1S/C13H14F3N3O/c1-8-12(19-7-18-8)6-17-11-4-3-9(20-2)5-10(11)13(14,15)16/h3-5,7,17H,6H2,1-2H3,(H,18,19). The summed E-state index contributed by atoms with van der Waals surface area (Å²) in [6.45, 7) is 2.02. The fourth-order valence-corrected chi connectivity index (χ4v) is 1.78. The van der Waals surface area contributed by atoms with Crippen LogP contribution in [0.15, 0.2) is 24.5 Å². The number of H-pyrrole nitrogens is 1. The van der Waals surface area contributed by atoms with Crippen LogP contribution in [-0.4, -0.2) is 17.1 Å². The van der Waals surface area contributed by atoms with E-state index in [-0.39, 0.29) is 18.0 Å². The second-order valence-corrected chi connectivity index (χ2v) is 4.24. The highest BCUT2D eigenvalue weighted by atomic mass is 19.4. The van der Waals surface area contributed by atoms with Crippen LogP contribution >= 0.6 is 0 Å². The summed E-state index contributed by atoms with van der Waals surface area (Å²) < 4.78 is 43.8. The minimum absolute atomic E-state index is 0.000648. The summed E-state index contributed by atoms with van der Waals surface area (Å²) in [5, 5.41) is 2.76. The predicted octanol–water partition coefficient (Wildman–Crippen LogP) is 3.36. The van der Waals surface area contributed by atoms with Crippen molar-refractivity contribution in [3.63, 3.8) is 0 Å². The molecule has 2 rings (SSSR count). The van der Waals surface area contributed by atoms with Gasteiger partial charge in [-0.2, -0.15) is 13.2 Å². The number of benzene rings is 1. The number of methoxy groups -OCH3 is 1. The van der Waals surface area contributed by atoms with Crippen molar-refractivity contribution in [3.05, 3.63) is 41.5 Å². The zero-order chi connectivity index (χ0) is 14.8. The summed E-state index contributed by atoms with van der Waals surface area (Å²) in [4.78, 5) is 6.91. The summed E-state index contributed by atoms with van der Waals surface area (Å²) >= 11 is 0. The second-order valence-electron chi connectivity index (χ2n) is 4.24. The highest BCUT2D eigenvalue weighted by Gasteiger charge is 2.34. The lowest BCUT2D eigenvalue weighted by molar-refractivity contribution is -0.137. The van der Waals surface area contributed by atoms with Crippen LogP contribution in [0.25, 0.3) is 0 Å². The maximum Gasteiger partial charge on any atom is 0.418 e. The number of aryl methyl sites for hydroxylation is 1. The highest BCUT2D eigenvalue weighted by molar-refractivity contribution is 5.55. The van der Waals surface area contributed by atoms with Gasteiger partial charge in [-0.3, -0.25) is 0 Å². The number of aromatic nitrogens is 2. The Morgan fingerprint density at radius 2 is 2.10 bits per heavy atom. The van der Waals surface area contributed by atoms with Gasteiger partial charge in [0.15, 0.2) is 0 Å². The van der Waals surface area contributed by atoms with Crippen molar-refractivity contribution >= 4 is 5.69 Å². The molecular weight excluding hydrogens is 271 g/mol. The van der Waals surface area contributed by atoms with Crippen LogP contribution in [0.4, 0.5) is 18.9 Å². The number of ether oxygens (including phenoxy) is 1. The van der Waals surface area contributed by atoms with Gasteiger partial charge in [0.05, 0.1) is 31.2 Å². The molecule has 0 aliphatic carbocycles. The molecule has 0 aliphatic heterocycles. The SMILES string of the molecule is COc1ccc(NCc2nc[nH]c2C)c(C(F)(F)F)c1. The molecule has 20 heavy (non-hydrogen) atoms. The van der Waals surface area contributed by atoms with Gasteiger partial charge in [-0.15, -0.1) is 0 Å². The smallest absolute Gasteiger partial charge is 0.418 e. The zero-order valence-corrected chi connectivity index (χ0v) is 11.0. The third-order valence-corrected chi connectivity index (χ3v) is 2.91. The van der Waals surface area contributed by atoms with Gasteiger partial charge in [-0.1, -0.05) is 0 Å². The Kier molecular flexibility index (Phi) is 3.87. The van der Waals surface area contributed by atoms with Crippen molar-refractivity contribution in [2.45, 2.75) is 19.6 Å². The number of halogens is 3. The summed E-state index contributed by atoms with van der Waals surface area (Å²) in [6, 6.07) is 3.80. The molecule has 0 radical (unpaired) electrons. The van der Waals surface area contributed by atoms with E-state index < -0.39 is 11.7 Å². The normalized spacial score (nSPS) is 11.4. The van der Waals surface area contributed by atoms with E-state index in [0.29, 0.717) is 5.69 Å². The average Bonchev–Trinajstić information content (AvgIpc) is 2.80. The van der Waals surface area contributed by atoms with E-state index in [1.165, 1.54) is 25.6 Å². The number of imidazole rings is 1. The molecule has 0 saturated heterocycles. The van der Waals surface area contributed by atoms with E-state index >= 15 is 0 Å². The maximum atomic E-state index is 13.0. The summed E-state index contributed by atoms with van der Waals surface area (Å²) in [5.41, 5.74) is 0.735. The zero-order valence-electron chi connectivity index (χ0n) is 11.0. The van der Waals surface area contributed by atoms with Gasteiger partial charge in [0.1, 0.15) is 5.75 Å². The average molecular weight is 285 g/mol. The predicted molar refractivity (Wildman–Crippen MR) is 68.6 cm³/mol. The van der Waals surface area contributed by atoms with Crippen LogP contribution in [0.2, 0.25) is 0 Å². The molecule has 1 aromatic heterocycles. The Morgan fingerprint density at radius 3 is 2.65 bits per heavy atom. The van der Waals surface area contributed by atoms with E-state index in [1.807, 2.05) is 6.92 Å². The number of alkyl halides is 3. The lowest BCUT2D eigenvalue weighted by atomic mass is 10.1. The van der Waals surface area contributed by atoms with Crippen LogP contribution in [0, 0.1) is 6.92 Å². The number of nitrogens with one attached hydrogen (secondary N) is 2. The molecule has 2 N–H and O–H groups in total. The highest BCUT2D eigenvalue weighted by Crippen LogP contribution is 2.37. The molecule has 0 amide bonds. The molecule has 2 aromatic rings. The van der Waals surface area contributed by atoms with Crippen molar-refractivity contribution in [1.82, 2.24) is 9.97 Å². The third kappa shape index (κ3) is 3.04. The van der Waals surface area contributed by atoms with Gasteiger partial charge < -0.3 is 15.0 Å². The van der Waals surface area contributed by atoms with Crippen molar-refractivity contribution in [1.29, 1.82) is 0 Å². The molecule has 0 atom stereocenters. The van der Waals surface area contributed by atoms with Crippen molar-refractivity contribution < 1.29 is 17.9 Å². The molecule has 108 valence electrons. The first-order valence-corrected chi connectivity index (χ1v) is 5.89. The third-order valence-electron chi connectivity index (χ3n) is 2.91. The number of nitrogens with zero attached hydrogens (tertiary/aromatic N) is 1. The largest absolute Gasteiger partial charge is 0.497 e. The molecule has 1 heterocycles. The minimum Gasteiger partial charge on any atom is -0.497 e. The monoisotopic (exact) mass is 285 g/mol. The number of aromatic amines is 1. The Bertz CT molecular complexity index is 593. The number of anilines is 1. The fraction of sp³-hybridized carbons (Fsp3) is 0.308. The van der Waals surface area contributed by atoms with E-state index in [1.54, 1.807) is 0 Å². The first-order chi connectivity index (χ1) is 9.41. The Balaban J connectivity index is 2.25. The first kappa shape index (κ1) is 14.2. The van der Waals surface area contributed by atoms with E-state index in [4.69, 9.17) is 4.74 Å². The fourth-order valence-electron chi connectivity index (χ4n) is 1.78. The quantitative estimate of drug-likeness (QED) is 0.905. The molecule has 0 unspecified atom stereocenters. The van der Waals surface area contributed by atoms with Crippen LogP contribution in [0.3, 0.4) is 0 Å². The molecule has 7 heteroatoms. The molecule has 0 aliphatic rings. The van der Waals surface area contributed by atoms with Crippen molar-refractivity contribution in [3.8, 4) is 5.75 Å². The van der Waals surface area contributed by atoms with Gasteiger partial charge in [-0.25, -0.2) is 4.98 Å². The minimum atomic E-state index is -4.45. The van der Waals surface area contributed by atoms with Gasteiger partial charge in [-0.05, 0) is 25.1 Å². The molecule has 0 fully saturated rings. The van der Waals surface area contributed by atoms with E-state index in [9.17, 15) is 13.2 Å². The first-order valence-electron chi connectivity index (χ1n) is 5.89. The second kappa shape index (κ2) is 5.44. The van der Waals surface area contributed by atoms with E-state index in [0.717, 1.165) is 11.8 Å². The van der Waals surface area contributed by atoms with Crippen LogP contribution in [0.5, 0.6) is 5.75 Å². The lowest BCUT2D eigenvalue weighted by Crippen LogP contribution is -2.11. The lowest BCUT2D eigenvalue weighted by Gasteiger charge is -2.15. The molecular formula is C13H14F3N3O. The van der Waals surface area contributed by atoms with Crippen molar-refractivity contribution in [2.24, 2.45) is 0 Å². The van der Waals surface area contributed by atoms with Gasteiger partial charge in [0, 0.05) is 11.4 Å². The van der Waals surface area contributed by atoms with Crippen LogP contribution < -0.4 is 10.1 Å². The van der Waals surface area contributed by atoms with Crippen LogP contribution in [0.1, 0.15) is 17.0 Å². The summed E-state index contributed by atoms with van der Waals surface area (Å²) in [6.07, 6.45) is -2.94. The Hall–Kier alpha value is -2.18. The summed E-state index contributed by atoms with van der Waals surface area (Å²) in [5.74, 6) is 0.166. The van der Waals surface area contributed by atoms with Crippen molar-refractivity contribution in [2.75, 3.05) is 12.4 Å². The Labute approximate surface area is 114 Å². The van der Waals surface area contributed by atoms with Gasteiger partial charge in [0.25, 0.3) is 0 Å². The number of hydrogen-bond acceptors (Lipinski definition) is 3. The number of rotatable bonds is 4. The topological polar surface area (TPSA) is 49.9 Å². The van der Waals surface area contributed by atoms with Crippen LogP contribution in [-0.2, 0) is 12.7 Å². The van der Waals surface area contributed by atoms with E-state index in [2.05, 4.69) is 15.3 Å². The van der Waals surface area contributed by atoms with Gasteiger partial charge >= 0.3 is 6.18 Å². The van der Waals surface area contributed by atoms with Gasteiger partial charge in [0.2, 0.25) is 0 Å². The molecule has 0 bridgehead atoms. The molecule has 1 aromatic carbocycles. The Morgan fingerprint density at radius 1 is 1.35 bits per heavy atom. The summed E-state index contributed by atoms with van der Waals surface area (Å²) in [7, 11) is 1.33.